The first kappa shape index (κ1) is 33.9. The highest BCUT2D eigenvalue weighted by molar-refractivity contribution is 6.07. The number of carbonyl (C=O) groups excluding carboxylic acids is 3. The predicted octanol–water partition coefficient (Wildman–Crippen LogP) is 4.47. The van der Waals surface area contributed by atoms with E-state index in [1.54, 1.807) is 19.9 Å². The van der Waals surface area contributed by atoms with Crippen LogP contribution in [-0.2, 0) is 30.2 Å². The van der Waals surface area contributed by atoms with Crippen LogP contribution in [0.4, 0.5) is 4.79 Å². The number of rotatable bonds is 15. The van der Waals surface area contributed by atoms with Gasteiger partial charge in [0.05, 0.1) is 24.2 Å². The zero-order chi connectivity index (χ0) is 31.0. The molecule has 9 nitrogen and oxygen atoms in total. The summed E-state index contributed by atoms with van der Waals surface area (Å²) < 4.78 is 18.1. The fourth-order valence-corrected chi connectivity index (χ4v) is 6.22. The van der Waals surface area contributed by atoms with Crippen molar-refractivity contribution < 1.29 is 33.7 Å². The summed E-state index contributed by atoms with van der Waals surface area (Å²) in [4.78, 5) is 43.6. The molecule has 0 aliphatic carbocycles. The number of nitrogens with zero attached hydrogens (tertiary/aromatic N) is 2. The van der Waals surface area contributed by atoms with Crippen molar-refractivity contribution in [3.05, 3.63) is 48.6 Å². The minimum Gasteiger partial charge on any atom is -0.447 e. The topological polar surface area (TPSA) is 106 Å². The molecule has 0 aromatic heterocycles. The predicted molar refractivity (Wildman–Crippen MR) is 161 cm³/mol. The maximum atomic E-state index is 14.0. The molecule has 234 valence electrons. The van der Waals surface area contributed by atoms with E-state index < -0.39 is 42.3 Å². The van der Waals surface area contributed by atoms with Crippen molar-refractivity contribution in [1.82, 2.24) is 9.80 Å². The molecule has 2 heterocycles. The van der Waals surface area contributed by atoms with Gasteiger partial charge in [-0.05, 0) is 71.0 Å². The van der Waals surface area contributed by atoms with Gasteiger partial charge in [0, 0.05) is 25.0 Å². The molecular formula is C33H50N2O7. The number of cyclic esters (lactones) is 1. The third kappa shape index (κ3) is 8.72. The molecule has 2 saturated heterocycles. The van der Waals surface area contributed by atoms with Gasteiger partial charge in [0.15, 0.2) is 6.29 Å². The van der Waals surface area contributed by atoms with Crippen molar-refractivity contribution >= 4 is 17.8 Å². The van der Waals surface area contributed by atoms with Gasteiger partial charge in [-0.2, -0.15) is 0 Å². The first-order chi connectivity index (χ1) is 20.0. The molecular weight excluding hydrogens is 536 g/mol. The maximum Gasteiger partial charge on any atom is 0.417 e. The van der Waals surface area contributed by atoms with Gasteiger partial charge in [0.25, 0.3) is 0 Å². The average molecular weight is 587 g/mol. The highest BCUT2D eigenvalue weighted by atomic mass is 16.7. The molecule has 9 atom stereocenters. The Morgan fingerprint density at radius 3 is 2.50 bits per heavy atom. The maximum absolute atomic E-state index is 14.0. The smallest absolute Gasteiger partial charge is 0.417 e. The Hall–Kier alpha value is -2.59. The van der Waals surface area contributed by atoms with Crippen LogP contribution in [0.25, 0.3) is 0 Å². The first-order valence-electron chi connectivity index (χ1n) is 15.2. The van der Waals surface area contributed by atoms with Crippen LogP contribution in [0.15, 0.2) is 43.0 Å². The summed E-state index contributed by atoms with van der Waals surface area (Å²) in [5.74, 6) is -2.76. The Bertz CT molecular complexity index is 1050. The lowest BCUT2D eigenvalue weighted by Crippen LogP contribution is -2.49. The summed E-state index contributed by atoms with van der Waals surface area (Å²) >= 11 is 0. The van der Waals surface area contributed by atoms with Crippen LogP contribution >= 0.6 is 0 Å². The van der Waals surface area contributed by atoms with E-state index in [2.05, 4.69) is 11.5 Å². The van der Waals surface area contributed by atoms with Crippen molar-refractivity contribution in [2.24, 2.45) is 23.7 Å². The zero-order valence-electron chi connectivity index (χ0n) is 26.1. The van der Waals surface area contributed by atoms with Crippen molar-refractivity contribution in [3.8, 4) is 0 Å². The monoisotopic (exact) mass is 586 g/mol. The normalized spacial score (nSPS) is 26.3. The van der Waals surface area contributed by atoms with E-state index in [1.165, 1.54) is 0 Å². The molecule has 0 spiro atoms. The lowest BCUT2D eigenvalue weighted by Gasteiger charge is -2.41. The summed E-state index contributed by atoms with van der Waals surface area (Å²) in [5.41, 5.74) is 0.974. The molecule has 1 N–H and O–H groups in total. The van der Waals surface area contributed by atoms with Gasteiger partial charge in [0.1, 0.15) is 12.4 Å². The van der Waals surface area contributed by atoms with E-state index in [-0.39, 0.29) is 43.0 Å². The van der Waals surface area contributed by atoms with Crippen LogP contribution in [0.2, 0.25) is 0 Å². The van der Waals surface area contributed by atoms with Crippen LogP contribution in [-0.4, -0.2) is 90.6 Å². The number of hydrogen-bond donors (Lipinski definition) is 1. The Labute approximate surface area is 251 Å². The fraction of sp³-hybridized carbons (Fsp3) is 0.667. The number of hydrogen-bond acceptors (Lipinski definition) is 8. The van der Waals surface area contributed by atoms with E-state index in [9.17, 15) is 19.5 Å². The summed E-state index contributed by atoms with van der Waals surface area (Å²) in [6.07, 6.45) is 3.14. The van der Waals surface area contributed by atoms with E-state index in [4.69, 9.17) is 14.2 Å². The number of aliphatic hydroxyl groups is 1. The third-order valence-electron chi connectivity index (χ3n) is 8.69. The summed E-state index contributed by atoms with van der Waals surface area (Å²) in [6, 6.07) is 9.37. The van der Waals surface area contributed by atoms with Gasteiger partial charge in [-0.15, -0.1) is 6.58 Å². The van der Waals surface area contributed by atoms with Crippen LogP contribution in [0, 0.1) is 23.7 Å². The molecule has 7 unspecified atom stereocenters. The molecule has 2 aliphatic heterocycles. The summed E-state index contributed by atoms with van der Waals surface area (Å²) in [5, 5.41) is 9.81. The van der Waals surface area contributed by atoms with Crippen LogP contribution in [0.5, 0.6) is 0 Å². The van der Waals surface area contributed by atoms with Crippen molar-refractivity contribution in [3.63, 3.8) is 0 Å². The number of imide groups is 1. The molecule has 42 heavy (non-hydrogen) atoms. The number of ether oxygens (including phenoxy) is 3. The second-order valence-corrected chi connectivity index (χ2v) is 12.4. The molecule has 1 aromatic carbocycles. The number of Topliss-reactive ketones (excluding diaryl/α,β-unsaturated/α-hetero) is 1. The molecule has 2 aliphatic rings. The van der Waals surface area contributed by atoms with Crippen LogP contribution in [0.3, 0.4) is 0 Å². The Morgan fingerprint density at radius 1 is 1.19 bits per heavy atom. The van der Waals surface area contributed by atoms with E-state index in [0.29, 0.717) is 25.7 Å². The van der Waals surface area contributed by atoms with Crippen molar-refractivity contribution in [2.45, 2.75) is 90.4 Å². The standard InChI is InChI=1S/C33H50N2O7/c1-8-12-26(15-21(2)19-36)31(42-29-18-27(34(6)7)16-22(3)41-29)23(4)30(37)24(5)32(38)35-28(20-40-33(35)39)17-25-13-10-9-11-14-25/h8-11,13-14,21-24,26-29,31,36H,1,12,15-20H2,2-7H3/t21?,22?,23?,24-,26?,27?,28-,29?,31?/m1/s1. The fourth-order valence-electron chi connectivity index (χ4n) is 6.22. The zero-order valence-corrected chi connectivity index (χ0v) is 26.1. The van der Waals surface area contributed by atoms with E-state index >= 15 is 0 Å². The van der Waals surface area contributed by atoms with Gasteiger partial charge in [-0.3, -0.25) is 9.59 Å². The molecule has 0 radical (unpaired) electrons. The highest BCUT2D eigenvalue weighted by Gasteiger charge is 2.44. The highest BCUT2D eigenvalue weighted by Crippen LogP contribution is 2.34. The Balaban J connectivity index is 1.83. The Morgan fingerprint density at radius 2 is 1.88 bits per heavy atom. The molecule has 2 amide bonds. The van der Waals surface area contributed by atoms with Gasteiger partial charge in [0.2, 0.25) is 5.91 Å². The molecule has 2 fully saturated rings. The third-order valence-corrected chi connectivity index (χ3v) is 8.69. The minimum absolute atomic E-state index is 0.0110. The number of carbonyl (C=O) groups is 3. The number of amides is 2. The van der Waals surface area contributed by atoms with Gasteiger partial charge >= 0.3 is 6.09 Å². The number of benzene rings is 1. The quantitative estimate of drug-likeness (QED) is 0.237. The number of ketones is 1. The largest absolute Gasteiger partial charge is 0.447 e. The van der Waals surface area contributed by atoms with E-state index in [0.717, 1.165) is 16.9 Å². The lowest BCUT2D eigenvalue weighted by molar-refractivity contribution is -0.237. The van der Waals surface area contributed by atoms with E-state index in [1.807, 2.05) is 58.3 Å². The lowest BCUT2D eigenvalue weighted by atomic mass is 9.79. The molecule has 0 saturated carbocycles. The van der Waals surface area contributed by atoms with Gasteiger partial charge in [-0.1, -0.05) is 50.3 Å². The van der Waals surface area contributed by atoms with Crippen molar-refractivity contribution in [2.75, 3.05) is 27.3 Å². The SMILES string of the molecule is C=CCC(CC(C)CO)C(OC1CC(N(C)C)CC(C)O1)C(C)C(=O)[C@@H](C)C(=O)N1C(=O)OC[C@H]1Cc1ccccc1. The molecule has 3 rings (SSSR count). The summed E-state index contributed by atoms with van der Waals surface area (Å²) in [6.45, 7) is 11.4. The van der Waals surface area contributed by atoms with Gasteiger partial charge in [-0.25, -0.2) is 9.69 Å². The number of allylic oxidation sites excluding steroid dienone is 1. The molecule has 9 heteroatoms. The van der Waals surface area contributed by atoms with Crippen molar-refractivity contribution in [1.29, 1.82) is 0 Å². The molecule has 0 bridgehead atoms. The second-order valence-electron chi connectivity index (χ2n) is 12.4. The van der Waals surface area contributed by atoms with Crippen LogP contribution < -0.4 is 0 Å². The Kier molecular flexibility index (Phi) is 12.7. The second kappa shape index (κ2) is 15.8. The minimum atomic E-state index is -1.07. The number of aliphatic hydroxyl groups excluding tert-OH is 1. The first-order valence-corrected chi connectivity index (χ1v) is 15.2. The summed E-state index contributed by atoms with van der Waals surface area (Å²) in [7, 11) is 4.07. The average Bonchev–Trinajstić information content (AvgIpc) is 3.33. The van der Waals surface area contributed by atoms with Crippen LogP contribution in [0.1, 0.15) is 58.9 Å². The molecule has 1 aromatic rings. The van der Waals surface area contributed by atoms with Gasteiger partial charge < -0.3 is 24.2 Å².